The molecule has 1 heterocycles. The van der Waals surface area contributed by atoms with E-state index in [0.717, 1.165) is 11.3 Å². The molecule has 104 valence electrons. The minimum atomic E-state index is 0.861. The zero-order valence-electron chi connectivity index (χ0n) is 12.0. The average Bonchev–Trinajstić information content (AvgIpc) is 2.59. The maximum absolute atomic E-state index is 4.59. The SMILES string of the molecule is C(=Nc1cccnc1)c1c2ccccc2cc2ccccc12. The second-order valence-corrected chi connectivity index (χ2v) is 5.20. The summed E-state index contributed by atoms with van der Waals surface area (Å²) in [4.78, 5) is 8.70. The Morgan fingerprint density at radius 3 is 2.09 bits per heavy atom. The monoisotopic (exact) mass is 282 g/mol. The Morgan fingerprint density at radius 1 is 0.773 bits per heavy atom. The first-order chi connectivity index (χ1) is 10.9. The van der Waals surface area contributed by atoms with Crippen LogP contribution in [0.5, 0.6) is 0 Å². The van der Waals surface area contributed by atoms with E-state index in [1.165, 1.54) is 21.5 Å². The van der Waals surface area contributed by atoms with Crippen LogP contribution in [0, 0.1) is 0 Å². The van der Waals surface area contributed by atoms with Crippen LogP contribution >= 0.6 is 0 Å². The summed E-state index contributed by atoms with van der Waals surface area (Å²) in [7, 11) is 0. The van der Waals surface area contributed by atoms with Gasteiger partial charge in [0, 0.05) is 18.0 Å². The summed E-state index contributed by atoms with van der Waals surface area (Å²) in [6.07, 6.45) is 5.47. The average molecular weight is 282 g/mol. The van der Waals surface area contributed by atoms with Crippen LogP contribution in [0.1, 0.15) is 5.56 Å². The Labute approximate surface area is 128 Å². The summed E-state index contributed by atoms with van der Waals surface area (Å²) < 4.78 is 0. The predicted octanol–water partition coefficient (Wildman–Crippen LogP) is 5.14. The fourth-order valence-corrected chi connectivity index (χ4v) is 2.76. The minimum absolute atomic E-state index is 0.861. The lowest BCUT2D eigenvalue weighted by Crippen LogP contribution is -1.88. The molecular formula is C20H14N2. The van der Waals surface area contributed by atoms with Crippen LogP contribution in [-0.2, 0) is 0 Å². The van der Waals surface area contributed by atoms with Gasteiger partial charge >= 0.3 is 0 Å². The van der Waals surface area contributed by atoms with Gasteiger partial charge in [0.05, 0.1) is 11.9 Å². The summed E-state index contributed by atoms with van der Waals surface area (Å²) >= 11 is 0. The third-order valence-corrected chi connectivity index (χ3v) is 3.80. The molecule has 0 radical (unpaired) electrons. The highest BCUT2D eigenvalue weighted by Crippen LogP contribution is 2.27. The maximum atomic E-state index is 4.59. The first kappa shape index (κ1) is 12.7. The first-order valence-corrected chi connectivity index (χ1v) is 7.26. The fourth-order valence-electron chi connectivity index (χ4n) is 2.76. The Hall–Kier alpha value is -3.00. The predicted molar refractivity (Wildman–Crippen MR) is 92.9 cm³/mol. The van der Waals surface area contributed by atoms with Crippen molar-refractivity contribution in [2.45, 2.75) is 0 Å². The number of nitrogens with zero attached hydrogens (tertiary/aromatic N) is 2. The Kier molecular flexibility index (Phi) is 3.13. The van der Waals surface area contributed by atoms with E-state index in [1.807, 2.05) is 18.3 Å². The highest BCUT2D eigenvalue weighted by Gasteiger charge is 2.05. The number of hydrogen-bond acceptors (Lipinski definition) is 2. The molecule has 0 aliphatic heterocycles. The van der Waals surface area contributed by atoms with E-state index >= 15 is 0 Å². The van der Waals surface area contributed by atoms with Crippen molar-refractivity contribution in [3.8, 4) is 0 Å². The molecule has 1 aromatic heterocycles. The summed E-state index contributed by atoms with van der Waals surface area (Å²) in [5, 5.41) is 4.89. The molecule has 0 spiro atoms. The lowest BCUT2D eigenvalue weighted by molar-refractivity contribution is 1.31. The smallest absolute Gasteiger partial charge is 0.0813 e. The van der Waals surface area contributed by atoms with E-state index in [4.69, 9.17) is 0 Å². The van der Waals surface area contributed by atoms with Crippen molar-refractivity contribution >= 4 is 33.4 Å². The molecule has 4 rings (SSSR count). The van der Waals surface area contributed by atoms with Crippen LogP contribution in [0.3, 0.4) is 0 Å². The topological polar surface area (TPSA) is 25.2 Å². The van der Waals surface area contributed by atoms with Gasteiger partial charge in [-0.2, -0.15) is 0 Å². The highest BCUT2D eigenvalue weighted by molar-refractivity contribution is 6.13. The van der Waals surface area contributed by atoms with Crippen LogP contribution in [0.15, 0.2) is 84.1 Å². The van der Waals surface area contributed by atoms with Crippen molar-refractivity contribution in [2.75, 3.05) is 0 Å². The molecule has 0 saturated carbocycles. The van der Waals surface area contributed by atoms with Gasteiger partial charge in [-0.05, 0) is 39.7 Å². The van der Waals surface area contributed by atoms with Crippen LogP contribution < -0.4 is 0 Å². The van der Waals surface area contributed by atoms with Crippen LogP contribution in [0.25, 0.3) is 21.5 Å². The summed E-state index contributed by atoms with van der Waals surface area (Å²) in [5.41, 5.74) is 2.01. The van der Waals surface area contributed by atoms with E-state index in [0.29, 0.717) is 0 Å². The molecule has 22 heavy (non-hydrogen) atoms. The number of benzene rings is 3. The van der Waals surface area contributed by atoms with Crippen molar-refractivity contribution < 1.29 is 0 Å². The molecule has 0 fully saturated rings. The van der Waals surface area contributed by atoms with Crippen molar-refractivity contribution in [1.29, 1.82) is 0 Å². The largest absolute Gasteiger partial charge is 0.262 e. The van der Waals surface area contributed by atoms with Gasteiger partial charge in [-0.3, -0.25) is 9.98 Å². The molecular weight excluding hydrogens is 268 g/mol. The number of fused-ring (bicyclic) bond motifs is 2. The zero-order chi connectivity index (χ0) is 14.8. The fraction of sp³-hybridized carbons (Fsp3) is 0. The van der Waals surface area contributed by atoms with E-state index in [2.05, 4.69) is 64.6 Å². The molecule has 2 heteroatoms. The maximum Gasteiger partial charge on any atom is 0.0813 e. The molecule has 0 bridgehead atoms. The first-order valence-electron chi connectivity index (χ1n) is 7.26. The highest BCUT2D eigenvalue weighted by atomic mass is 14.8. The van der Waals surface area contributed by atoms with E-state index in [1.54, 1.807) is 12.4 Å². The third-order valence-electron chi connectivity index (χ3n) is 3.80. The van der Waals surface area contributed by atoms with Crippen molar-refractivity contribution in [2.24, 2.45) is 4.99 Å². The lowest BCUT2D eigenvalue weighted by Gasteiger charge is -2.07. The van der Waals surface area contributed by atoms with Crippen molar-refractivity contribution in [3.63, 3.8) is 0 Å². The van der Waals surface area contributed by atoms with Crippen LogP contribution in [0.2, 0.25) is 0 Å². The molecule has 0 atom stereocenters. The van der Waals surface area contributed by atoms with E-state index in [9.17, 15) is 0 Å². The van der Waals surface area contributed by atoms with Crippen molar-refractivity contribution in [3.05, 3.63) is 84.7 Å². The second-order valence-electron chi connectivity index (χ2n) is 5.20. The molecule has 3 aromatic carbocycles. The third kappa shape index (κ3) is 2.25. The Bertz CT molecular complexity index is 918. The van der Waals surface area contributed by atoms with Gasteiger partial charge in [-0.1, -0.05) is 48.5 Å². The molecule has 0 unspecified atom stereocenters. The van der Waals surface area contributed by atoms with Crippen LogP contribution in [-0.4, -0.2) is 11.2 Å². The summed E-state index contributed by atoms with van der Waals surface area (Å²) in [5.74, 6) is 0. The molecule has 4 aromatic rings. The van der Waals surface area contributed by atoms with Crippen molar-refractivity contribution in [1.82, 2.24) is 4.98 Å². The van der Waals surface area contributed by atoms with E-state index < -0.39 is 0 Å². The molecule has 0 amide bonds. The van der Waals surface area contributed by atoms with Gasteiger partial charge in [0.25, 0.3) is 0 Å². The standard InChI is InChI=1S/C20H14N2/c1-3-9-18-15(6-1)12-16-7-2-4-10-19(16)20(18)14-22-17-8-5-11-21-13-17/h1-14H. The van der Waals surface area contributed by atoms with Gasteiger partial charge < -0.3 is 0 Å². The molecule has 2 nitrogen and oxygen atoms in total. The summed E-state index contributed by atoms with van der Waals surface area (Å²) in [6.45, 7) is 0. The van der Waals surface area contributed by atoms with Gasteiger partial charge in [-0.25, -0.2) is 0 Å². The molecule has 0 saturated heterocycles. The normalized spacial score (nSPS) is 11.5. The van der Waals surface area contributed by atoms with Gasteiger partial charge in [-0.15, -0.1) is 0 Å². The zero-order valence-corrected chi connectivity index (χ0v) is 12.0. The number of rotatable bonds is 2. The van der Waals surface area contributed by atoms with Crippen LogP contribution in [0.4, 0.5) is 5.69 Å². The molecule has 0 N–H and O–H groups in total. The van der Waals surface area contributed by atoms with Gasteiger partial charge in [0.15, 0.2) is 0 Å². The van der Waals surface area contributed by atoms with Gasteiger partial charge in [0.1, 0.15) is 0 Å². The molecule has 0 aliphatic rings. The number of pyridine rings is 1. The Balaban J connectivity index is 1.98. The quantitative estimate of drug-likeness (QED) is 0.369. The lowest BCUT2D eigenvalue weighted by atomic mass is 9.97. The Morgan fingerprint density at radius 2 is 1.45 bits per heavy atom. The van der Waals surface area contributed by atoms with E-state index in [-0.39, 0.29) is 0 Å². The molecule has 0 aliphatic carbocycles. The number of hydrogen-bond donors (Lipinski definition) is 0. The van der Waals surface area contributed by atoms with Gasteiger partial charge in [0.2, 0.25) is 0 Å². The second kappa shape index (κ2) is 5.41. The minimum Gasteiger partial charge on any atom is -0.262 e. The summed E-state index contributed by atoms with van der Waals surface area (Å²) in [6, 6.07) is 22.9. The number of aliphatic imine (C=N–C) groups is 1. The number of aromatic nitrogens is 1.